The van der Waals surface area contributed by atoms with Crippen molar-refractivity contribution in [2.75, 3.05) is 24.2 Å². The molecule has 4 nitrogen and oxygen atoms in total. The fourth-order valence-electron chi connectivity index (χ4n) is 2.48. The van der Waals surface area contributed by atoms with Gasteiger partial charge in [-0.1, -0.05) is 24.8 Å². The predicted molar refractivity (Wildman–Crippen MR) is 108 cm³/mol. The van der Waals surface area contributed by atoms with E-state index in [0.717, 1.165) is 22.6 Å². The van der Waals surface area contributed by atoms with Crippen LogP contribution in [0.15, 0.2) is 90.8 Å². The maximum absolute atomic E-state index is 12.9. The number of para-hydroxylation sites is 1. The second-order valence-corrected chi connectivity index (χ2v) is 5.67. The lowest BCUT2D eigenvalue weighted by Gasteiger charge is -2.22. The molecule has 0 amide bonds. The van der Waals surface area contributed by atoms with E-state index in [0.29, 0.717) is 6.54 Å². The molecule has 1 atom stereocenters. The van der Waals surface area contributed by atoms with Crippen LogP contribution in [0, 0.1) is 5.82 Å². The predicted octanol–water partition coefficient (Wildman–Crippen LogP) is 3.85. The van der Waals surface area contributed by atoms with E-state index in [9.17, 15) is 4.39 Å². The molecule has 5 heteroatoms. The number of nitrogens with two attached hydrogens (primary N) is 1. The van der Waals surface area contributed by atoms with Gasteiger partial charge in [0.25, 0.3) is 0 Å². The van der Waals surface area contributed by atoms with E-state index in [2.05, 4.69) is 22.5 Å². The minimum atomic E-state index is -0.261. The van der Waals surface area contributed by atoms with E-state index in [1.54, 1.807) is 18.3 Å². The highest BCUT2D eigenvalue weighted by Gasteiger charge is 2.14. The molecule has 0 aliphatic rings. The Morgan fingerprint density at radius 2 is 1.81 bits per heavy atom. The zero-order valence-corrected chi connectivity index (χ0v) is 14.9. The lowest BCUT2D eigenvalue weighted by atomic mass is 10.0. The van der Waals surface area contributed by atoms with E-state index in [1.165, 1.54) is 12.1 Å². The fraction of sp³-hybridized carbons (Fsp3) is 0.143. The molecule has 2 aromatic rings. The Balaban J connectivity index is 2.05. The topological polar surface area (TPSA) is 62.1 Å². The van der Waals surface area contributed by atoms with Gasteiger partial charge in [-0.3, -0.25) is 0 Å². The van der Waals surface area contributed by atoms with Crippen LogP contribution in [0.25, 0.3) is 0 Å². The van der Waals surface area contributed by atoms with Gasteiger partial charge >= 0.3 is 0 Å². The molecule has 0 fully saturated rings. The lowest BCUT2D eigenvalue weighted by Crippen LogP contribution is -2.32. The highest BCUT2D eigenvalue weighted by Crippen LogP contribution is 2.17. The van der Waals surface area contributed by atoms with Crippen LogP contribution in [-0.4, -0.2) is 19.6 Å². The van der Waals surface area contributed by atoms with Crippen molar-refractivity contribution in [3.63, 3.8) is 0 Å². The van der Waals surface area contributed by atoms with Crippen molar-refractivity contribution in [2.45, 2.75) is 6.04 Å². The largest absolute Gasteiger partial charge is 0.362 e. The first-order chi connectivity index (χ1) is 12.6. The monoisotopic (exact) mass is 352 g/mol. The molecule has 5 N–H and O–H groups in total. The van der Waals surface area contributed by atoms with E-state index >= 15 is 0 Å². The molecule has 1 unspecified atom stereocenters. The summed E-state index contributed by atoms with van der Waals surface area (Å²) in [6, 6.07) is 15.9. The van der Waals surface area contributed by atoms with Gasteiger partial charge < -0.3 is 21.7 Å². The number of nitrogens with one attached hydrogen (secondary N) is 3. The van der Waals surface area contributed by atoms with Gasteiger partial charge in [0.05, 0.1) is 6.04 Å². The normalized spacial score (nSPS) is 12.8. The third-order valence-electron chi connectivity index (χ3n) is 3.76. The Morgan fingerprint density at radius 3 is 2.42 bits per heavy atom. The molecule has 26 heavy (non-hydrogen) atoms. The second kappa shape index (κ2) is 10.2. The van der Waals surface area contributed by atoms with Crippen molar-refractivity contribution >= 4 is 11.4 Å². The van der Waals surface area contributed by atoms with Gasteiger partial charge in [0, 0.05) is 29.8 Å². The maximum atomic E-state index is 12.9. The number of hydrogen-bond acceptors (Lipinski definition) is 4. The average Bonchev–Trinajstić information content (AvgIpc) is 2.65. The van der Waals surface area contributed by atoms with E-state index < -0.39 is 0 Å². The molecule has 0 radical (unpaired) electrons. The van der Waals surface area contributed by atoms with Crippen LogP contribution in [-0.2, 0) is 0 Å². The molecule has 0 spiro atoms. The minimum Gasteiger partial charge on any atom is -0.362 e. The van der Waals surface area contributed by atoms with Crippen molar-refractivity contribution in [1.82, 2.24) is 5.32 Å². The Morgan fingerprint density at radius 1 is 1.12 bits per heavy atom. The Kier molecular flexibility index (Phi) is 7.61. The number of anilines is 2. The Labute approximate surface area is 154 Å². The molecule has 2 rings (SSSR count). The summed E-state index contributed by atoms with van der Waals surface area (Å²) in [6.45, 7) is 4.56. The SMILES string of the molecule is C=C(/C=C\Nc1ccc(F)cc1)C(NC)/C(=C/CN)Nc1ccccc1. The quantitative estimate of drug-likeness (QED) is 0.518. The number of benzene rings is 2. The van der Waals surface area contributed by atoms with Crippen LogP contribution in [0.3, 0.4) is 0 Å². The van der Waals surface area contributed by atoms with Gasteiger partial charge in [0.1, 0.15) is 5.82 Å². The number of halogens is 1. The molecule has 136 valence electrons. The van der Waals surface area contributed by atoms with Crippen molar-refractivity contribution in [3.8, 4) is 0 Å². The lowest BCUT2D eigenvalue weighted by molar-refractivity contribution is 0.628. The molecular weight excluding hydrogens is 327 g/mol. The summed E-state index contributed by atoms with van der Waals surface area (Å²) in [5, 5.41) is 9.74. The summed E-state index contributed by atoms with van der Waals surface area (Å²) >= 11 is 0. The van der Waals surface area contributed by atoms with Gasteiger partial charge in [0.15, 0.2) is 0 Å². The Bertz CT molecular complexity index is 751. The van der Waals surface area contributed by atoms with Gasteiger partial charge in [-0.15, -0.1) is 0 Å². The van der Waals surface area contributed by atoms with Gasteiger partial charge in [-0.2, -0.15) is 0 Å². The van der Waals surface area contributed by atoms with Crippen LogP contribution in [0.4, 0.5) is 15.8 Å². The van der Waals surface area contributed by atoms with Crippen molar-refractivity contribution in [1.29, 1.82) is 0 Å². The van der Waals surface area contributed by atoms with Crippen molar-refractivity contribution in [3.05, 3.63) is 96.6 Å². The van der Waals surface area contributed by atoms with E-state index in [4.69, 9.17) is 5.73 Å². The summed E-state index contributed by atoms with van der Waals surface area (Å²) in [4.78, 5) is 0. The first-order valence-corrected chi connectivity index (χ1v) is 8.41. The Hall–Kier alpha value is -2.89. The second-order valence-electron chi connectivity index (χ2n) is 5.67. The van der Waals surface area contributed by atoms with E-state index in [1.807, 2.05) is 49.5 Å². The molecule has 0 saturated heterocycles. The molecular formula is C21H25FN4. The molecule has 0 bridgehead atoms. The molecule has 0 aromatic heterocycles. The van der Waals surface area contributed by atoms with Crippen LogP contribution < -0.4 is 21.7 Å². The van der Waals surface area contributed by atoms with Crippen molar-refractivity contribution < 1.29 is 4.39 Å². The summed E-state index contributed by atoms with van der Waals surface area (Å²) < 4.78 is 12.9. The maximum Gasteiger partial charge on any atom is 0.123 e. The third kappa shape index (κ3) is 5.88. The standard InChI is InChI=1S/C21H25FN4/c1-16(13-15-25-18-10-8-17(22)9-11-18)21(24-2)20(12-14-23)26-19-6-4-3-5-7-19/h3-13,15,21,24-26H,1,14,23H2,2H3/b15-13-,20-12-. The molecule has 0 heterocycles. The summed E-state index contributed by atoms with van der Waals surface area (Å²) in [7, 11) is 1.87. The molecule has 2 aromatic carbocycles. The van der Waals surface area contributed by atoms with Crippen LogP contribution >= 0.6 is 0 Å². The van der Waals surface area contributed by atoms with Crippen molar-refractivity contribution in [2.24, 2.45) is 5.73 Å². The van der Waals surface area contributed by atoms with Crippen LogP contribution in [0.2, 0.25) is 0 Å². The average molecular weight is 352 g/mol. The minimum absolute atomic E-state index is 0.120. The zero-order valence-electron chi connectivity index (χ0n) is 14.9. The summed E-state index contributed by atoms with van der Waals surface area (Å²) in [5.74, 6) is -0.261. The van der Waals surface area contributed by atoms with Crippen LogP contribution in [0.5, 0.6) is 0 Å². The third-order valence-corrected chi connectivity index (χ3v) is 3.76. The van der Waals surface area contributed by atoms with Gasteiger partial charge in [-0.05, 0) is 61.2 Å². The zero-order chi connectivity index (χ0) is 18.8. The molecule has 0 aliphatic heterocycles. The summed E-state index contributed by atoms with van der Waals surface area (Å²) in [5.41, 5.74) is 9.29. The number of likely N-dealkylation sites (N-methyl/N-ethyl adjacent to an activating group) is 1. The molecule has 0 aliphatic carbocycles. The molecule has 0 saturated carbocycles. The van der Waals surface area contributed by atoms with E-state index in [-0.39, 0.29) is 11.9 Å². The first kappa shape index (κ1) is 19.4. The smallest absolute Gasteiger partial charge is 0.123 e. The van der Waals surface area contributed by atoms with Gasteiger partial charge in [-0.25, -0.2) is 4.39 Å². The number of hydrogen-bond donors (Lipinski definition) is 4. The number of rotatable bonds is 9. The van der Waals surface area contributed by atoms with Crippen LogP contribution in [0.1, 0.15) is 0 Å². The fourth-order valence-corrected chi connectivity index (χ4v) is 2.48. The van der Waals surface area contributed by atoms with Gasteiger partial charge in [0.2, 0.25) is 0 Å². The summed E-state index contributed by atoms with van der Waals surface area (Å²) in [6.07, 6.45) is 5.59. The highest BCUT2D eigenvalue weighted by molar-refractivity contribution is 5.52. The first-order valence-electron chi connectivity index (χ1n) is 8.41. The highest BCUT2D eigenvalue weighted by atomic mass is 19.1.